The van der Waals surface area contributed by atoms with E-state index in [1.807, 2.05) is 0 Å². The first-order chi connectivity index (χ1) is 11.9. The lowest BCUT2D eigenvalue weighted by Crippen LogP contribution is -2.14. The van der Waals surface area contributed by atoms with E-state index >= 15 is 0 Å². The molecule has 0 N–H and O–H groups in total. The molecule has 126 valence electrons. The molecule has 7 heteroatoms. The zero-order valence-corrected chi connectivity index (χ0v) is 13.2. The van der Waals surface area contributed by atoms with Gasteiger partial charge in [-0.3, -0.25) is 14.9 Å². The van der Waals surface area contributed by atoms with E-state index in [9.17, 15) is 19.3 Å². The second-order valence-corrected chi connectivity index (χ2v) is 5.36. The second-order valence-electron chi connectivity index (χ2n) is 5.36. The van der Waals surface area contributed by atoms with Crippen LogP contribution in [0.15, 0.2) is 65.6 Å². The number of halogens is 1. The maximum absolute atomic E-state index is 13.4. The first-order valence-electron chi connectivity index (χ1n) is 7.33. The van der Waals surface area contributed by atoms with Gasteiger partial charge in [-0.25, -0.2) is 4.39 Å². The molecule has 0 aliphatic carbocycles. The largest absolute Gasteiger partial charge is 0.457 e. The Morgan fingerprint density at radius 1 is 1.12 bits per heavy atom. The van der Waals surface area contributed by atoms with Gasteiger partial charge >= 0.3 is 0 Å². The van der Waals surface area contributed by atoms with Crippen LogP contribution in [0.2, 0.25) is 0 Å². The van der Waals surface area contributed by atoms with E-state index in [0.29, 0.717) is 16.9 Å². The van der Waals surface area contributed by atoms with Crippen molar-refractivity contribution in [2.45, 2.75) is 0 Å². The Labute approximate surface area is 141 Å². The number of nitro groups is 1. The molecule has 0 atom stereocenters. The predicted molar refractivity (Wildman–Crippen MR) is 90.2 cm³/mol. The molecule has 0 saturated carbocycles. The van der Waals surface area contributed by atoms with E-state index in [4.69, 9.17) is 4.74 Å². The van der Waals surface area contributed by atoms with Gasteiger partial charge in [-0.1, -0.05) is 6.07 Å². The Kier molecular flexibility index (Phi) is 4.30. The quantitative estimate of drug-likeness (QED) is 0.533. The number of aromatic nitrogens is 1. The summed E-state index contributed by atoms with van der Waals surface area (Å²) in [5, 5.41) is 11.1. The van der Waals surface area contributed by atoms with Crippen molar-refractivity contribution in [3.05, 3.63) is 87.1 Å². The van der Waals surface area contributed by atoms with Crippen LogP contribution in [0.4, 0.5) is 10.1 Å². The number of hydrogen-bond donors (Lipinski definition) is 0. The number of rotatable bonds is 4. The van der Waals surface area contributed by atoms with Crippen molar-refractivity contribution in [3.8, 4) is 22.6 Å². The van der Waals surface area contributed by atoms with E-state index < -0.39 is 10.7 Å². The van der Waals surface area contributed by atoms with Gasteiger partial charge in [-0.05, 0) is 24.3 Å². The molecule has 6 nitrogen and oxygen atoms in total. The van der Waals surface area contributed by atoms with Crippen LogP contribution in [0.3, 0.4) is 0 Å². The zero-order chi connectivity index (χ0) is 18.0. The van der Waals surface area contributed by atoms with E-state index in [1.54, 1.807) is 25.4 Å². The molecule has 0 aliphatic rings. The molecule has 0 fully saturated rings. The van der Waals surface area contributed by atoms with Crippen LogP contribution < -0.4 is 10.3 Å². The van der Waals surface area contributed by atoms with Crippen molar-refractivity contribution < 1.29 is 14.1 Å². The third-order valence-electron chi connectivity index (χ3n) is 3.59. The molecule has 0 bridgehead atoms. The van der Waals surface area contributed by atoms with Crippen LogP contribution in [-0.2, 0) is 7.05 Å². The van der Waals surface area contributed by atoms with Crippen molar-refractivity contribution in [2.75, 3.05) is 0 Å². The summed E-state index contributed by atoms with van der Waals surface area (Å²) in [4.78, 5) is 22.1. The Balaban J connectivity index is 2.12. The van der Waals surface area contributed by atoms with Gasteiger partial charge in [-0.2, -0.15) is 0 Å². The topological polar surface area (TPSA) is 74.4 Å². The summed E-state index contributed by atoms with van der Waals surface area (Å²) in [6, 6.07) is 12.6. The summed E-state index contributed by atoms with van der Waals surface area (Å²) in [5.74, 6) is 0.123. The van der Waals surface area contributed by atoms with Gasteiger partial charge in [-0.15, -0.1) is 0 Å². The van der Waals surface area contributed by atoms with E-state index in [0.717, 1.165) is 0 Å². The molecule has 3 aromatic rings. The first-order valence-corrected chi connectivity index (χ1v) is 7.33. The van der Waals surface area contributed by atoms with Crippen LogP contribution in [0.1, 0.15) is 0 Å². The van der Waals surface area contributed by atoms with Crippen LogP contribution >= 0.6 is 0 Å². The lowest BCUT2D eigenvalue weighted by Gasteiger charge is -2.12. The standard InChI is InChI=1S/C18H13FN2O4/c1-20-11-12(5-8-18(20)22)16-10-14(21(23)24)6-7-17(16)25-15-4-2-3-13(19)9-15/h2-11H,1H3. The average Bonchev–Trinajstić information content (AvgIpc) is 2.57. The molecule has 0 saturated heterocycles. The van der Waals surface area contributed by atoms with Gasteiger partial charge in [0.05, 0.1) is 4.92 Å². The van der Waals surface area contributed by atoms with E-state index in [-0.39, 0.29) is 17.0 Å². The molecular formula is C18H13FN2O4. The molecule has 0 unspecified atom stereocenters. The molecule has 0 amide bonds. The second kappa shape index (κ2) is 6.56. The summed E-state index contributed by atoms with van der Waals surface area (Å²) in [6.45, 7) is 0. The number of aryl methyl sites for hydroxylation is 1. The van der Waals surface area contributed by atoms with Gasteiger partial charge in [0, 0.05) is 48.6 Å². The van der Waals surface area contributed by atoms with Gasteiger partial charge in [0.15, 0.2) is 0 Å². The zero-order valence-electron chi connectivity index (χ0n) is 13.2. The summed E-state index contributed by atoms with van der Waals surface area (Å²) in [5.41, 5.74) is 0.670. The number of ether oxygens (including phenoxy) is 1. The summed E-state index contributed by atoms with van der Waals surface area (Å²) >= 11 is 0. The number of pyridine rings is 1. The maximum atomic E-state index is 13.4. The van der Waals surface area contributed by atoms with Crippen molar-refractivity contribution in [3.63, 3.8) is 0 Å². The number of non-ortho nitro benzene ring substituents is 1. The van der Waals surface area contributed by atoms with Crippen LogP contribution in [0.25, 0.3) is 11.1 Å². The fraction of sp³-hybridized carbons (Fsp3) is 0.0556. The summed E-state index contributed by atoms with van der Waals surface area (Å²) < 4.78 is 20.4. The third kappa shape index (κ3) is 3.55. The molecule has 0 spiro atoms. The van der Waals surface area contributed by atoms with Crippen molar-refractivity contribution in [2.24, 2.45) is 7.05 Å². The molecule has 1 aromatic heterocycles. The van der Waals surface area contributed by atoms with E-state index in [1.165, 1.54) is 47.0 Å². The highest BCUT2D eigenvalue weighted by molar-refractivity contribution is 5.72. The van der Waals surface area contributed by atoms with Crippen molar-refractivity contribution in [1.29, 1.82) is 0 Å². The van der Waals surface area contributed by atoms with Crippen LogP contribution in [0, 0.1) is 15.9 Å². The smallest absolute Gasteiger partial charge is 0.270 e. The van der Waals surface area contributed by atoms with Crippen LogP contribution in [-0.4, -0.2) is 9.49 Å². The molecule has 0 aliphatic heterocycles. The van der Waals surface area contributed by atoms with Crippen molar-refractivity contribution >= 4 is 5.69 Å². The van der Waals surface area contributed by atoms with E-state index in [2.05, 4.69) is 0 Å². The molecular weight excluding hydrogens is 327 g/mol. The summed E-state index contributed by atoms with van der Waals surface area (Å²) in [7, 11) is 1.58. The molecule has 1 heterocycles. The number of benzene rings is 2. The Bertz CT molecular complexity index is 1010. The minimum absolute atomic E-state index is 0.115. The number of hydrogen-bond acceptors (Lipinski definition) is 4. The number of nitro benzene ring substituents is 1. The minimum atomic E-state index is -0.516. The monoisotopic (exact) mass is 340 g/mol. The first kappa shape index (κ1) is 16.4. The highest BCUT2D eigenvalue weighted by atomic mass is 19.1. The minimum Gasteiger partial charge on any atom is -0.457 e. The number of nitrogens with zero attached hydrogens (tertiary/aromatic N) is 2. The highest BCUT2D eigenvalue weighted by Gasteiger charge is 2.15. The molecule has 2 aromatic carbocycles. The van der Waals surface area contributed by atoms with Gasteiger partial charge < -0.3 is 9.30 Å². The third-order valence-corrected chi connectivity index (χ3v) is 3.59. The predicted octanol–water partition coefficient (Wildman–Crippen LogP) is 3.89. The summed E-state index contributed by atoms with van der Waals surface area (Å²) in [6.07, 6.45) is 1.56. The van der Waals surface area contributed by atoms with Crippen LogP contribution in [0.5, 0.6) is 11.5 Å². The van der Waals surface area contributed by atoms with Gasteiger partial charge in [0.2, 0.25) is 5.56 Å². The normalized spacial score (nSPS) is 10.5. The van der Waals surface area contributed by atoms with Crippen molar-refractivity contribution in [1.82, 2.24) is 4.57 Å². The molecule has 3 rings (SSSR count). The molecule has 0 radical (unpaired) electrons. The fourth-order valence-electron chi connectivity index (χ4n) is 2.36. The SMILES string of the molecule is Cn1cc(-c2cc([N+](=O)[O-])ccc2Oc2cccc(F)c2)ccc1=O. The Morgan fingerprint density at radius 2 is 1.92 bits per heavy atom. The lowest BCUT2D eigenvalue weighted by molar-refractivity contribution is -0.384. The van der Waals surface area contributed by atoms with Gasteiger partial charge in [0.25, 0.3) is 5.69 Å². The lowest BCUT2D eigenvalue weighted by atomic mass is 10.1. The molecule has 25 heavy (non-hydrogen) atoms. The van der Waals surface area contributed by atoms with Gasteiger partial charge in [0.1, 0.15) is 17.3 Å². The fourth-order valence-corrected chi connectivity index (χ4v) is 2.36. The Morgan fingerprint density at radius 3 is 2.60 bits per heavy atom. The Hall–Kier alpha value is -3.48. The maximum Gasteiger partial charge on any atom is 0.270 e. The average molecular weight is 340 g/mol. The highest BCUT2D eigenvalue weighted by Crippen LogP contribution is 2.35.